The first-order valence-corrected chi connectivity index (χ1v) is 7.76. The second-order valence-corrected chi connectivity index (χ2v) is 6.97. The third-order valence-electron chi connectivity index (χ3n) is 2.90. The summed E-state index contributed by atoms with van der Waals surface area (Å²) in [5.74, 6) is 0. The van der Waals surface area contributed by atoms with Gasteiger partial charge in [0.15, 0.2) is 9.79 Å². The van der Waals surface area contributed by atoms with Crippen LogP contribution in [-0.2, 0) is 10.9 Å². The smallest absolute Gasteiger partial charge is 0.238 e. The molecule has 0 saturated heterocycles. The van der Waals surface area contributed by atoms with Gasteiger partial charge in [0.2, 0.25) is 5.03 Å². The lowest BCUT2D eigenvalue weighted by Crippen LogP contribution is -2.05. The quantitative estimate of drug-likeness (QED) is 0.499. The van der Waals surface area contributed by atoms with Crippen molar-refractivity contribution in [2.45, 2.75) is 16.7 Å². The number of anilines is 1. The number of rotatable bonds is 2. The first kappa shape index (κ1) is 12.5. The van der Waals surface area contributed by atoms with E-state index in [0.717, 1.165) is 4.86 Å². The van der Waals surface area contributed by atoms with Gasteiger partial charge >= 0.3 is 0 Å². The molecule has 0 aliphatic carbocycles. The zero-order valence-corrected chi connectivity index (χ0v) is 12.2. The summed E-state index contributed by atoms with van der Waals surface area (Å²) in [6.45, 7) is 1.96. The molecule has 0 spiro atoms. The van der Waals surface area contributed by atoms with Crippen molar-refractivity contribution in [2.24, 2.45) is 0 Å². The summed E-state index contributed by atoms with van der Waals surface area (Å²) in [6.07, 6.45) is 2.07. The van der Waals surface area contributed by atoms with E-state index in [-0.39, 0.29) is 10.9 Å². The summed E-state index contributed by atoms with van der Waals surface area (Å²) in [7, 11) is -0.0615. The normalized spacial score (nSPS) is 19.0. The Morgan fingerprint density at radius 3 is 2.47 bits per heavy atom. The van der Waals surface area contributed by atoms with Gasteiger partial charge in [-0.25, -0.2) is 0 Å². The largest absolute Gasteiger partial charge is 0.311 e. The maximum atomic E-state index is 5.23. The van der Waals surface area contributed by atoms with Crippen LogP contribution in [0.25, 0.3) is 0 Å². The molecule has 3 heteroatoms. The number of allylic oxidation sites excluding steroid dienone is 1. The second kappa shape index (κ2) is 5.19. The van der Waals surface area contributed by atoms with Gasteiger partial charge in [-0.2, -0.15) is 0 Å². The molecule has 0 bridgehead atoms. The van der Waals surface area contributed by atoms with Crippen molar-refractivity contribution in [1.82, 2.24) is 0 Å². The summed E-state index contributed by atoms with van der Waals surface area (Å²) < 4.78 is 0. The van der Waals surface area contributed by atoms with Crippen LogP contribution in [0.5, 0.6) is 0 Å². The van der Waals surface area contributed by atoms with Crippen LogP contribution in [0.3, 0.4) is 0 Å². The van der Waals surface area contributed by atoms with E-state index in [1.165, 1.54) is 20.5 Å². The summed E-state index contributed by atoms with van der Waals surface area (Å²) in [6, 6.07) is 19.1. The Morgan fingerprint density at radius 2 is 1.74 bits per heavy atom. The van der Waals surface area contributed by atoms with E-state index in [2.05, 4.69) is 66.0 Å². The van der Waals surface area contributed by atoms with Crippen molar-refractivity contribution in [2.75, 3.05) is 5.32 Å². The predicted octanol–water partition coefficient (Wildman–Crippen LogP) is 4.38. The van der Waals surface area contributed by atoms with E-state index in [1.54, 1.807) is 0 Å². The Labute approximate surface area is 121 Å². The lowest BCUT2D eigenvalue weighted by molar-refractivity contribution is 1.41. The molecule has 94 valence electrons. The average molecular weight is 284 g/mol. The number of para-hydroxylation sites is 1. The summed E-state index contributed by atoms with van der Waals surface area (Å²) in [4.78, 5) is 3.57. The molecular formula is C16H14NS2+. The van der Waals surface area contributed by atoms with E-state index >= 15 is 0 Å². The molecular weight excluding hydrogens is 270 g/mol. The fourth-order valence-electron chi connectivity index (χ4n) is 2.14. The van der Waals surface area contributed by atoms with Gasteiger partial charge < -0.3 is 5.32 Å². The molecule has 1 N–H and O–H groups in total. The van der Waals surface area contributed by atoms with Crippen LogP contribution in [0, 0.1) is 0 Å². The molecule has 19 heavy (non-hydrogen) atoms. The predicted molar refractivity (Wildman–Crippen MR) is 86.8 cm³/mol. The van der Waals surface area contributed by atoms with Crippen LogP contribution in [0.4, 0.5) is 5.69 Å². The highest BCUT2D eigenvalue weighted by molar-refractivity contribution is 8.01. The average Bonchev–Trinajstić information content (AvgIpc) is 2.76. The van der Waals surface area contributed by atoms with Gasteiger partial charge in [-0.05, 0) is 31.2 Å². The molecule has 1 heterocycles. The van der Waals surface area contributed by atoms with Crippen molar-refractivity contribution < 1.29 is 0 Å². The van der Waals surface area contributed by atoms with Crippen molar-refractivity contribution in [1.29, 1.82) is 0 Å². The SMILES string of the molecule is CC(=S)C=C1Nc2ccccc2[S+]1c1ccccc1. The summed E-state index contributed by atoms with van der Waals surface area (Å²) in [5.41, 5.74) is 1.19. The molecule has 0 amide bonds. The Hall–Kier alpha value is -1.58. The number of nitrogens with one attached hydrogen (secondary N) is 1. The number of hydrogen-bond donors (Lipinski definition) is 1. The first-order valence-electron chi connectivity index (χ1n) is 6.13. The standard InChI is InChI=1S/C16H13NS2/c1-12(18)11-16-17-14-9-5-6-10-15(14)19(16)13-7-3-2-4-8-13/h2-11H,1H3/p+1. The minimum Gasteiger partial charge on any atom is -0.311 e. The third kappa shape index (κ3) is 2.44. The van der Waals surface area contributed by atoms with Crippen LogP contribution in [-0.4, -0.2) is 4.86 Å². The molecule has 1 nitrogen and oxygen atoms in total. The van der Waals surface area contributed by atoms with Crippen LogP contribution in [0.2, 0.25) is 0 Å². The second-order valence-electron chi connectivity index (χ2n) is 4.36. The van der Waals surface area contributed by atoms with Crippen LogP contribution < -0.4 is 5.32 Å². The molecule has 2 aromatic rings. The molecule has 0 radical (unpaired) electrons. The van der Waals surface area contributed by atoms with Crippen molar-refractivity contribution >= 4 is 33.7 Å². The lowest BCUT2D eigenvalue weighted by Gasteiger charge is -2.01. The maximum Gasteiger partial charge on any atom is 0.238 e. The van der Waals surface area contributed by atoms with Crippen molar-refractivity contribution in [3.8, 4) is 0 Å². The maximum absolute atomic E-state index is 5.23. The van der Waals surface area contributed by atoms with E-state index in [1.807, 2.05) is 6.92 Å². The fraction of sp³-hybridized carbons (Fsp3) is 0.0625. The van der Waals surface area contributed by atoms with Gasteiger partial charge in [0.1, 0.15) is 10.9 Å². The number of benzene rings is 2. The van der Waals surface area contributed by atoms with Crippen LogP contribution >= 0.6 is 12.2 Å². The summed E-state index contributed by atoms with van der Waals surface area (Å²) in [5, 5.41) is 4.69. The fourth-order valence-corrected chi connectivity index (χ4v) is 4.57. The zero-order valence-electron chi connectivity index (χ0n) is 10.6. The molecule has 0 aromatic heterocycles. The number of hydrogen-bond acceptors (Lipinski definition) is 2. The molecule has 3 rings (SSSR count). The molecule has 0 saturated carbocycles. The minimum atomic E-state index is -0.0615. The van der Waals surface area contributed by atoms with Crippen molar-refractivity contribution in [3.63, 3.8) is 0 Å². The van der Waals surface area contributed by atoms with Gasteiger partial charge in [0, 0.05) is 10.9 Å². The van der Waals surface area contributed by atoms with E-state index in [9.17, 15) is 0 Å². The van der Waals surface area contributed by atoms with E-state index in [4.69, 9.17) is 12.2 Å². The monoisotopic (exact) mass is 284 g/mol. The Balaban J connectivity index is 2.14. The highest BCUT2D eigenvalue weighted by Gasteiger charge is 2.39. The number of fused-ring (bicyclic) bond motifs is 1. The van der Waals surface area contributed by atoms with E-state index < -0.39 is 0 Å². The van der Waals surface area contributed by atoms with Crippen LogP contribution in [0.15, 0.2) is 75.5 Å². The zero-order chi connectivity index (χ0) is 13.2. The molecule has 2 aromatic carbocycles. The Kier molecular flexibility index (Phi) is 3.40. The Morgan fingerprint density at radius 1 is 1.05 bits per heavy atom. The van der Waals surface area contributed by atoms with E-state index in [0.29, 0.717) is 0 Å². The van der Waals surface area contributed by atoms with Gasteiger partial charge in [0.25, 0.3) is 0 Å². The highest BCUT2D eigenvalue weighted by Crippen LogP contribution is 2.41. The topological polar surface area (TPSA) is 12.0 Å². The lowest BCUT2D eigenvalue weighted by atomic mass is 10.3. The number of thiocarbonyl (C=S) groups is 1. The Bertz CT molecular complexity index is 647. The highest BCUT2D eigenvalue weighted by atomic mass is 32.2. The van der Waals surface area contributed by atoms with Crippen molar-refractivity contribution in [3.05, 3.63) is 65.7 Å². The van der Waals surface area contributed by atoms with Gasteiger partial charge in [-0.3, -0.25) is 0 Å². The summed E-state index contributed by atoms with van der Waals surface area (Å²) >= 11 is 5.23. The van der Waals surface area contributed by atoms with Gasteiger partial charge in [-0.15, -0.1) is 0 Å². The van der Waals surface area contributed by atoms with Crippen LogP contribution in [0.1, 0.15) is 6.92 Å². The first-order chi connectivity index (χ1) is 9.25. The molecule has 1 unspecified atom stereocenters. The molecule has 1 aliphatic heterocycles. The molecule has 0 fully saturated rings. The molecule has 1 atom stereocenters. The molecule has 1 aliphatic rings. The van der Waals surface area contributed by atoms with Gasteiger partial charge in [-0.1, -0.05) is 42.5 Å². The minimum absolute atomic E-state index is 0.0615. The third-order valence-corrected chi connectivity index (χ3v) is 5.22. The van der Waals surface area contributed by atoms with Gasteiger partial charge in [0.05, 0.1) is 5.69 Å².